The monoisotopic (exact) mass is 411 g/mol. The fraction of sp³-hybridized carbons (Fsp3) is 0.526. The molecule has 0 unspecified atom stereocenters. The van der Waals surface area contributed by atoms with Crippen LogP contribution in [0.2, 0.25) is 5.02 Å². The quantitative estimate of drug-likeness (QED) is 0.547. The fourth-order valence-electron chi connectivity index (χ4n) is 3.63. The Hall–Kier alpha value is -2.32. The summed E-state index contributed by atoms with van der Waals surface area (Å²) >= 11 is 6.15. The SMILES string of the molecule is CC(=O)O[C@@H]1[C@@H](OC(C)=O)[C@H](OC(C)=O)CO[C@H]1N1CCc2ccc(Cl)cc21. The number of benzene rings is 1. The zero-order valence-corrected chi connectivity index (χ0v) is 16.6. The van der Waals surface area contributed by atoms with E-state index in [9.17, 15) is 14.4 Å². The minimum atomic E-state index is -0.993. The molecule has 2 heterocycles. The molecule has 1 aromatic rings. The van der Waals surface area contributed by atoms with Gasteiger partial charge in [-0.05, 0) is 24.1 Å². The van der Waals surface area contributed by atoms with Gasteiger partial charge < -0.3 is 23.8 Å². The molecule has 0 bridgehead atoms. The Morgan fingerprint density at radius 3 is 2.32 bits per heavy atom. The molecule has 0 N–H and O–H groups in total. The highest BCUT2D eigenvalue weighted by atomic mass is 35.5. The molecule has 9 heteroatoms. The average molecular weight is 412 g/mol. The normalized spacial score (nSPS) is 26.4. The van der Waals surface area contributed by atoms with E-state index in [4.69, 9.17) is 30.5 Å². The van der Waals surface area contributed by atoms with Crippen LogP contribution in [0.5, 0.6) is 0 Å². The Labute approximate surface area is 167 Å². The van der Waals surface area contributed by atoms with Crippen molar-refractivity contribution in [3.63, 3.8) is 0 Å². The maximum Gasteiger partial charge on any atom is 0.303 e. The number of hydrogen-bond donors (Lipinski definition) is 0. The van der Waals surface area contributed by atoms with Crippen molar-refractivity contribution in [1.29, 1.82) is 0 Å². The second kappa shape index (κ2) is 8.36. The van der Waals surface area contributed by atoms with Gasteiger partial charge in [0, 0.05) is 38.0 Å². The van der Waals surface area contributed by atoms with E-state index in [1.165, 1.54) is 20.8 Å². The van der Waals surface area contributed by atoms with Crippen LogP contribution >= 0.6 is 11.6 Å². The van der Waals surface area contributed by atoms with Crippen molar-refractivity contribution in [1.82, 2.24) is 0 Å². The van der Waals surface area contributed by atoms with Gasteiger partial charge in [-0.3, -0.25) is 14.4 Å². The van der Waals surface area contributed by atoms with Gasteiger partial charge in [-0.15, -0.1) is 0 Å². The fourth-order valence-corrected chi connectivity index (χ4v) is 3.80. The van der Waals surface area contributed by atoms with Crippen molar-refractivity contribution in [3.05, 3.63) is 28.8 Å². The molecular weight excluding hydrogens is 390 g/mol. The predicted octanol–water partition coefficient (Wildman–Crippen LogP) is 1.85. The summed E-state index contributed by atoms with van der Waals surface area (Å²) in [5.41, 5.74) is 1.95. The van der Waals surface area contributed by atoms with E-state index in [1.54, 1.807) is 0 Å². The lowest BCUT2D eigenvalue weighted by Crippen LogP contribution is -2.62. The van der Waals surface area contributed by atoms with E-state index in [0.29, 0.717) is 11.6 Å². The number of nitrogens with zero attached hydrogens (tertiary/aromatic N) is 1. The molecule has 2 aliphatic rings. The number of hydrogen-bond acceptors (Lipinski definition) is 8. The second-order valence-electron chi connectivity index (χ2n) is 6.74. The molecule has 152 valence electrons. The van der Waals surface area contributed by atoms with Crippen LogP contribution in [0.25, 0.3) is 0 Å². The summed E-state index contributed by atoms with van der Waals surface area (Å²) in [5, 5.41) is 0.569. The van der Waals surface area contributed by atoms with Crippen molar-refractivity contribution in [2.24, 2.45) is 0 Å². The Balaban J connectivity index is 1.94. The minimum Gasteiger partial charge on any atom is -0.456 e. The number of anilines is 1. The molecule has 28 heavy (non-hydrogen) atoms. The molecule has 8 nitrogen and oxygen atoms in total. The largest absolute Gasteiger partial charge is 0.456 e. The van der Waals surface area contributed by atoms with Crippen LogP contribution in [-0.4, -0.2) is 55.6 Å². The second-order valence-corrected chi connectivity index (χ2v) is 7.17. The number of fused-ring (bicyclic) bond motifs is 1. The van der Waals surface area contributed by atoms with Gasteiger partial charge in [0.2, 0.25) is 0 Å². The Morgan fingerprint density at radius 2 is 1.68 bits per heavy atom. The summed E-state index contributed by atoms with van der Waals surface area (Å²) < 4.78 is 22.1. The first-order valence-corrected chi connectivity index (χ1v) is 9.32. The van der Waals surface area contributed by atoms with Crippen LogP contribution in [0.3, 0.4) is 0 Å². The molecule has 0 saturated carbocycles. The number of halogens is 1. The first-order chi connectivity index (χ1) is 13.3. The summed E-state index contributed by atoms with van der Waals surface area (Å²) in [6.45, 7) is 4.35. The summed E-state index contributed by atoms with van der Waals surface area (Å²) in [6, 6.07) is 5.57. The van der Waals surface area contributed by atoms with Crippen LogP contribution in [0, 0.1) is 0 Å². The zero-order valence-electron chi connectivity index (χ0n) is 15.8. The van der Waals surface area contributed by atoms with Crippen molar-refractivity contribution in [3.8, 4) is 0 Å². The van der Waals surface area contributed by atoms with Gasteiger partial charge in [-0.1, -0.05) is 17.7 Å². The van der Waals surface area contributed by atoms with Gasteiger partial charge in [0.1, 0.15) is 0 Å². The van der Waals surface area contributed by atoms with Crippen LogP contribution in [0.4, 0.5) is 5.69 Å². The molecule has 0 amide bonds. The number of ether oxygens (including phenoxy) is 4. The molecule has 1 saturated heterocycles. The van der Waals surface area contributed by atoms with Gasteiger partial charge in [0.25, 0.3) is 0 Å². The third-order valence-corrected chi connectivity index (χ3v) is 4.85. The Bertz CT molecular complexity index is 784. The highest BCUT2D eigenvalue weighted by Crippen LogP contribution is 2.36. The lowest BCUT2D eigenvalue weighted by atomic mass is 10.0. The third kappa shape index (κ3) is 4.39. The smallest absolute Gasteiger partial charge is 0.303 e. The maximum atomic E-state index is 11.8. The molecule has 0 spiro atoms. The summed E-state index contributed by atoms with van der Waals surface area (Å²) in [5.74, 6) is -1.70. The summed E-state index contributed by atoms with van der Waals surface area (Å²) in [7, 11) is 0. The standard InChI is InChI=1S/C19H22ClNO7/c1-10(22)26-16-9-25-19(18(28-12(3)24)17(16)27-11(2)23)21-7-6-13-4-5-14(20)8-15(13)21/h4-5,8,16-19H,6-7,9H2,1-3H3/t16-,17+,18-,19-/m1/s1. The number of carbonyl (C=O) groups excluding carboxylic acids is 3. The number of carbonyl (C=O) groups is 3. The van der Waals surface area contributed by atoms with Gasteiger partial charge in [0.15, 0.2) is 24.5 Å². The van der Waals surface area contributed by atoms with Crippen molar-refractivity contribution >= 4 is 35.2 Å². The molecule has 1 aromatic carbocycles. The van der Waals surface area contributed by atoms with E-state index in [1.807, 2.05) is 23.1 Å². The van der Waals surface area contributed by atoms with Gasteiger partial charge >= 0.3 is 17.9 Å². The molecule has 4 atom stereocenters. The first-order valence-electron chi connectivity index (χ1n) is 8.94. The average Bonchev–Trinajstić information content (AvgIpc) is 2.99. The number of esters is 3. The molecule has 0 aromatic heterocycles. The van der Waals surface area contributed by atoms with Gasteiger partial charge in [-0.2, -0.15) is 0 Å². The lowest BCUT2D eigenvalue weighted by Gasteiger charge is -2.44. The molecule has 0 aliphatic carbocycles. The van der Waals surface area contributed by atoms with Crippen molar-refractivity contribution in [2.45, 2.75) is 51.7 Å². The van der Waals surface area contributed by atoms with E-state index >= 15 is 0 Å². The van der Waals surface area contributed by atoms with E-state index < -0.39 is 42.4 Å². The van der Waals surface area contributed by atoms with E-state index in [2.05, 4.69) is 0 Å². The zero-order chi connectivity index (χ0) is 20.4. The highest BCUT2D eigenvalue weighted by Gasteiger charge is 2.49. The topological polar surface area (TPSA) is 91.4 Å². The lowest BCUT2D eigenvalue weighted by molar-refractivity contribution is -0.225. The maximum absolute atomic E-state index is 11.8. The van der Waals surface area contributed by atoms with Gasteiger partial charge in [0.05, 0.1) is 6.61 Å². The number of rotatable bonds is 4. The molecular formula is C19H22ClNO7. The van der Waals surface area contributed by atoms with Crippen LogP contribution in [-0.2, 0) is 39.8 Å². The van der Waals surface area contributed by atoms with Crippen LogP contribution in [0.15, 0.2) is 18.2 Å². The van der Waals surface area contributed by atoms with Crippen LogP contribution in [0.1, 0.15) is 26.3 Å². The van der Waals surface area contributed by atoms with E-state index in [0.717, 1.165) is 17.7 Å². The third-order valence-electron chi connectivity index (χ3n) is 4.61. The molecule has 3 rings (SSSR count). The molecule has 1 fully saturated rings. The van der Waals surface area contributed by atoms with E-state index in [-0.39, 0.29) is 6.61 Å². The highest BCUT2D eigenvalue weighted by molar-refractivity contribution is 6.30. The summed E-state index contributed by atoms with van der Waals surface area (Å²) in [6.07, 6.45) is -2.81. The van der Waals surface area contributed by atoms with Crippen molar-refractivity contribution in [2.75, 3.05) is 18.1 Å². The van der Waals surface area contributed by atoms with Gasteiger partial charge in [-0.25, -0.2) is 0 Å². The summed E-state index contributed by atoms with van der Waals surface area (Å²) in [4.78, 5) is 36.8. The Morgan fingerprint density at radius 1 is 1.04 bits per heavy atom. The molecule has 0 radical (unpaired) electrons. The van der Waals surface area contributed by atoms with Crippen LogP contribution < -0.4 is 4.90 Å². The minimum absolute atomic E-state index is 0.00758. The van der Waals surface area contributed by atoms with Crippen molar-refractivity contribution < 1.29 is 33.3 Å². The Kier molecular flexibility index (Phi) is 6.10. The first kappa shape index (κ1) is 20.4. The molecule has 2 aliphatic heterocycles. The predicted molar refractivity (Wildman–Crippen MR) is 98.9 cm³/mol.